The molecule has 0 aliphatic carbocycles. The number of nitrogens with zero attached hydrogens (tertiary/aromatic N) is 1. The smallest absolute Gasteiger partial charge is 0.134 e. The molecular formula is C17H18N2O. The van der Waals surface area contributed by atoms with Crippen molar-refractivity contribution in [2.24, 2.45) is 5.73 Å². The van der Waals surface area contributed by atoms with Gasteiger partial charge in [0.05, 0.1) is 5.52 Å². The molecule has 1 atom stereocenters. The van der Waals surface area contributed by atoms with Gasteiger partial charge in [0.1, 0.15) is 11.5 Å². The van der Waals surface area contributed by atoms with Gasteiger partial charge in [0, 0.05) is 23.1 Å². The molecule has 3 rings (SSSR count). The van der Waals surface area contributed by atoms with Gasteiger partial charge in [-0.1, -0.05) is 13.0 Å². The third-order valence-corrected chi connectivity index (χ3v) is 3.60. The second-order valence-electron chi connectivity index (χ2n) is 5.09. The van der Waals surface area contributed by atoms with Gasteiger partial charge in [-0.15, -0.1) is 0 Å². The number of pyridine rings is 1. The van der Waals surface area contributed by atoms with Crippen molar-refractivity contribution in [3.8, 4) is 11.3 Å². The van der Waals surface area contributed by atoms with E-state index < -0.39 is 0 Å². The Bertz CT molecular complexity index is 718. The first-order chi connectivity index (χ1) is 9.78. The Kier molecular flexibility index (Phi) is 3.52. The summed E-state index contributed by atoms with van der Waals surface area (Å²) >= 11 is 0. The van der Waals surface area contributed by atoms with E-state index in [1.807, 2.05) is 36.5 Å². The first-order valence-electron chi connectivity index (χ1n) is 6.93. The highest BCUT2D eigenvalue weighted by molar-refractivity contribution is 5.83. The van der Waals surface area contributed by atoms with Crippen LogP contribution in [0.5, 0.6) is 0 Å². The Morgan fingerprint density at radius 3 is 2.95 bits per heavy atom. The highest BCUT2D eigenvalue weighted by Gasteiger charge is 2.11. The van der Waals surface area contributed by atoms with Crippen molar-refractivity contribution in [3.05, 3.63) is 54.4 Å². The first kappa shape index (κ1) is 12.9. The summed E-state index contributed by atoms with van der Waals surface area (Å²) in [5, 5.41) is 1.12. The van der Waals surface area contributed by atoms with E-state index in [2.05, 4.69) is 24.0 Å². The molecule has 0 aliphatic rings. The Morgan fingerprint density at radius 1 is 1.20 bits per heavy atom. The lowest BCUT2D eigenvalue weighted by Gasteiger charge is -2.06. The van der Waals surface area contributed by atoms with Crippen LogP contribution < -0.4 is 5.73 Å². The maximum atomic E-state index is 5.96. The highest BCUT2D eigenvalue weighted by Crippen LogP contribution is 2.29. The monoisotopic (exact) mass is 266 g/mol. The van der Waals surface area contributed by atoms with Crippen LogP contribution in [0.3, 0.4) is 0 Å². The molecule has 0 spiro atoms. The van der Waals surface area contributed by atoms with Gasteiger partial charge in [0.15, 0.2) is 0 Å². The molecule has 20 heavy (non-hydrogen) atoms. The van der Waals surface area contributed by atoms with Gasteiger partial charge in [0.25, 0.3) is 0 Å². The maximum Gasteiger partial charge on any atom is 0.134 e. The summed E-state index contributed by atoms with van der Waals surface area (Å²) in [6, 6.07) is 14.3. The zero-order chi connectivity index (χ0) is 13.9. The maximum absolute atomic E-state index is 5.96. The molecule has 0 aliphatic heterocycles. The third kappa shape index (κ3) is 2.45. The molecular weight excluding hydrogens is 248 g/mol. The summed E-state index contributed by atoms with van der Waals surface area (Å²) in [7, 11) is 0. The molecule has 102 valence electrons. The molecule has 3 aromatic rings. The number of hydrogen-bond donors (Lipinski definition) is 1. The zero-order valence-electron chi connectivity index (χ0n) is 11.5. The molecule has 2 aromatic heterocycles. The molecule has 1 aromatic carbocycles. The lowest BCUT2D eigenvalue weighted by molar-refractivity contribution is 0.474. The zero-order valence-corrected chi connectivity index (χ0v) is 11.5. The molecule has 3 heteroatoms. The summed E-state index contributed by atoms with van der Waals surface area (Å²) in [4.78, 5) is 4.33. The fourth-order valence-corrected chi connectivity index (χ4v) is 2.39. The van der Waals surface area contributed by atoms with E-state index in [9.17, 15) is 0 Å². The number of furan rings is 1. The van der Waals surface area contributed by atoms with E-state index in [-0.39, 0.29) is 0 Å². The fraction of sp³-hybridized carbons (Fsp3) is 0.235. The van der Waals surface area contributed by atoms with Gasteiger partial charge in [-0.2, -0.15) is 0 Å². The molecule has 0 saturated carbocycles. The predicted octanol–water partition coefficient (Wildman–Crippen LogP) is 3.95. The van der Waals surface area contributed by atoms with Gasteiger partial charge in [-0.3, -0.25) is 4.98 Å². The topological polar surface area (TPSA) is 52.0 Å². The molecule has 0 bridgehead atoms. The van der Waals surface area contributed by atoms with Gasteiger partial charge in [0.2, 0.25) is 0 Å². The Morgan fingerprint density at radius 2 is 2.10 bits per heavy atom. The number of hydrogen-bond acceptors (Lipinski definition) is 3. The van der Waals surface area contributed by atoms with Crippen molar-refractivity contribution in [2.45, 2.75) is 19.3 Å². The van der Waals surface area contributed by atoms with Gasteiger partial charge < -0.3 is 10.2 Å². The van der Waals surface area contributed by atoms with E-state index >= 15 is 0 Å². The average Bonchev–Trinajstić information content (AvgIpc) is 2.97. The van der Waals surface area contributed by atoms with E-state index in [4.69, 9.17) is 10.2 Å². The SMILES string of the molecule is CC(CCN)c1ccc(-c2ccc3ncccc3c2)o1. The lowest BCUT2D eigenvalue weighted by Crippen LogP contribution is -2.03. The molecule has 0 saturated heterocycles. The molecule has 3 nitrogen and oxygen atoms in total. The third-order valence-electron chi connectivity index (χ3n) is 3.60. The van der Waals surface area contributed by atoms with Crippen LogP contribution in [0.1, 0.15) is 25.0 Å². The summed E-state index contributed by atoms with van der Waals surface area (Å²) < 4.78 is 5.96. The quantitative estimate of drug-likeness (QED) is 0.778. The van der Waals surface area contributed by atoms with Crippen molar-refractivity contribution in [1.29, 1.82) is 0 Å². The standard InChI is InChI=1S/C17H18N2O/c1-12(8-9-18)16-6-7-17(20-16)14-4-5-15-13(11-14)3-2-10-19-15/h2-7,10-12H,8-9,18H2,1H3. The van der Waals surface area contributed by atoms with Crippen LogP contribution >= 0.6 is 0 Å². The normalized spacial score (nSPS) is 12.7. The Hall–Kier alpha value is -2.13. The van der Waals surface area contributed by atoms with Crippen molar-refractivity contribution >= 4 is 10.9 Å². The molecule has 0 fully saturated rings. The minimum atomic E-state index is 0.357. The van der Waals surface area contributed by atoms with E-state index in [0.29, 0.717) is 12.5 Å². The number of benzene rings is 1. The van der Waals surface area contributed by atoms with Crippen LogP contribution in [0.25, 0.3) is 22.2 Å². The fourth-order valence-electron chi connectivity index (χ4n) is 2.39. The van der Waals surface area contributed by atoms with Crippen LogP contribution in [0.4, 0.5) is 0 Å². The number of fused-ring (bicyclic) bond motifs is 1. The summed E-state index contributed by atoms with van der Waals surface area (Å²) in [6.45, 7) is 2.82. The molecule has 1 unspecified atom stereocenters. The molecule has 0 radical (unpaired) electrons. The lowest BCUT2D eigenvalue weighted by atomic mass is 10.1. The minimum Gasteiger partial charge on any atom is -0.461 e. The number of nitrogens with two attached hydrogens (primary N) is 1. The van der Waals surface area contributed by atoms with Crippen molar-refractivity contribution in [2.75, 3.05) is 6.54 Å². The molecule has 2 heterocycles. The summed E-state index contributed by atoms with van der Waals surface area (Å²) in [6.07, 6.45) is 2.75. The molecule has 0 amide bonds. The summed E-state index contributed by atoms with van der Waals surface area (Å²) in [5.41, 5.74) is 7.68. The van der Waals surface area contributed by atoms with Gasteiger partial charge in [-0.05, 0) is 49.4 Å². The van der Waals surface area contributed by atoms with Crippen LogP contribution in [0.2, 0.25) is 0 Å². The predicted molar refractivity (Wildman–Crippen MR) is 81.5 cm³/mol. The second kappa shape index (κ2) is 5.47. The van der Waals surface area contributed by atoms with E-state index in [0.717, 1.165) is 34.4 Å². The van der Waals surface area contributed by atoms with Crippen LogP contribution in [-0.4, -0.2) is 11.5 Å². The van der Waals surface area contributed by atoms with Gasteiger partial charge in [-0.25, -0.2) is 0 Å². The van der Waals surface area contributed by atoms with E-state index in [1.54, 1.807) is 0 Å². The minimum absolute atomic E-state index is 0.357. The first-order valence-corrected chi connectivity index (χ1v) is 6.93. The van der Waals surface area contributed by atoms with Gasteiger partial charge >= 0.3 is 0 Å². The average molecular weight is 266 g/mol. The molecule has 2 N–H and O–H groups in total. The largest absolute Gasteiger partial charge is 0.461 e. The Labute approximate surface area is 118 Å². The van der Waals surface area contributed by atoms with Crippen LogP contribution in [-0.2, 0) is 0 Å². The second-order valence-corrected chi connectivity index (χ2v) is 5.09. The number of rotatable bonds is 4. The number of aromatic nitrogens is 1. The summed E-state index contributed by atoms with van der Waals surface area (Å²) in [5.74, 6) is 2.25. The van der Waals surface area contributed by atoms with Crippen LogP contribution in [0, 0.1) is 0 Å². The van der Waals surface area contributed by atoms with Crippen molar-refractivity contribution in [1.82, 2.24) is 4.98 Å². The van der Waals surface area contributed by atoms with Crippen molar-refractivity contribution < 1.29 is 4.42 Å². The Balaban J connectivity index is 1.94. The highest BCUT2D eigenvalue weighted by atomic mass is 16.3. The van der Waals surface area contributed by atoms with Crippen LogP contribution in [0.15, 0.2) is 53.1 Å². The van der Waals surface area contributed by atoms with E-state index in [1.165, 1.54) is 0 Å². The van der Waals surface area contributed by atoms with Crippen molar-refractivity contribution in [3.63, 3.8) is 0 Å².